The van der Waals surface area contributed by atoms with Crippen molar-refractivity contribution in [3.8, 4) is 5.88 Å². The predicted molar refractivity (Wildman–Crippen MR) is 72.6 cm³/mol. The zero-order chi connectivity index (χ0) is 12.8. The van der Waals surface area contributed by atoms with Crippen molar-refractivity contribution in [3.63, 3.8) is 0 Å². The lowest BCUT2D eigenvalue weighted by Crippen LogP contribution is -2.27. The highest BCUT2D eigenvalue weighted by atomic mass is 32.1. The highest BCUT2D eigenvalue weighted by Crippen LogP contribution is 2.10. The van der Waals surface area contributed by atoms with Gasteiger partial charge in [0.25, 0.3) is 0 Å². The first kappa shape index (κ1) is 12.4. The van der Waals surface area contributed by atoms with Gasteiger partial charge in [-0.1, -0.05) is 0 Å². The lowest BCUT2D eigenvalue weighted by Gasteiger charge is -2.09. The largest absolute Gasteiger partial charge is 0.481 e. The van der Waals surface area contributed by atoms with Gasteiger partial charge in [-0.25, -0.2) is 4.98 Å². The van der Waals surface area contributed by atoms with Crippen LogP contribution in [-0.4, -0.2) is 17.2 Å². The van der Waals surface area contributed by atoms with Gasteiger partial charge in [-0.15, -0.1) is 0 Å². The molecule has 2 heterocycles. The molecule has 2 rings (SSSR count). The summed E-state index contributed by atoms with van der Waals surface area (Å²) in [6, 6.07) is 7.32. The van der Waals surface area contributed by atoms with Crippen molar-refractivity contribution in [2.75, 3.05) is 12.4 Å². The maximum atomic E-state index is 5.19. The number of ether oxygens (including phenoxy) is 1. The van der Waals surface area contributed by atoms with Crippen molar-refractivity contribution in [3.05, 3.63) is 42.5 Å². The van der Waals surface area contributed by atoms with Gasteiger partial charge in [0.05, 0.1) is 31.8 Å². The van der Waals surface area contributed by atoms with Crippen LogP contribution in [0, 0.1) is 0 Å². The topological polar surface area (TPSA) is 59.3 Å². The third kappa shape index (κ3) is 3.46. The highest BCUT2D eigenvalue weighted by Gasteiger charge is 2.00. The molecule has 5 nitrogen and oxygen atoms in total. The predicted octanol–water partition coefficient (Wildman–Crippen LogP) is 2.17. The second kappa shape index (κ2) is 6.02. The molecule has 0 aliphatic carbocycles. The van der Waals surface area contributed by atoms with Gasteiger partial charge < -0.3 is 19.8 Å². The molecular weight excluding hydrogens is 250 g/mol. The van der Waals surface area contributed by atoms with Crippen LogP contribution < -0.4 is 15.4 Å². The van der Waals surface area contributed by atoms with Gasteiger partial charge in [0.15, 0.2) is 5.11 Å². The number of methoxy groups -OCH3 is 1. The van der Waals surface area contributed by atoms with E-state index >= 15 is 0 Å². The fraction of sp³-hybridized carbons (Fsp3) is 0.167. The zero-order valence-corrected chi connectivity index (χ0v) is 10.7. The molecule has 94 valence electrons. The smallest absolute Gasteiger partial charge is 0.213 e. The van der Waals surface area contributed by atoms with Gasteiger partial charge in [0.2, 0.25) is 5.88 Å². The molecule has 2 aromatic heterocycles. The molecule has 0 aliphatic rings. The minimum absolute atomic E-state index is 0.512. The van der Waals surface area contributed by atoms with Crippen LogP contribution in [0.25, 0.3) is 0 Å². The lowest BCUT2D eigenvalue weighted by molar-refractivity contribution is 0.398. The molecule has 0 amide bonds. The van der Waals surface area contributed by atoms with E-state index < -0.39 is 0 Å². The normalized spacial score (nSPS) is 9.83. The fourth-order valence-corrected chi connectivity index (χ4v) is 1.52. The molecule has 0 aromatic carbocycles. The number of nitrogens with one attached hydrogen (secondary N) is 2. The number of hydrogen-bond acceptors (Lipinski definition) is 4. The summed E-state index contributed by atoms with van der Waals surface area (Å²) in [5, 5.41) is 6.56. The summed E-state index contributed by atoms with van der Waals surface area (Å²) in [6.45, 7) is 0.544. The summed E-state index contributed by atoms with van der Waals surface area (Å²) < 4.78 is 10.2. The molecule has 6 heteroatoms. The van der Waals surface area contributed by atoms with Crippen LogP contribution in [0.5, 0.6) is 5.88 Å². The molecule has 0 saturated carbocycles. The molecule has 0 spiro atoms. The van der Waals surface area contributed by atoms with E-state index in [1.165, 1.54) is 0 Å². The Kier molecular flexibility index (Phi) is 4.14. The van der Waals surface area contributed by atoms with Gasteiger partial charge in [0, 0.05) is 6.07 Å². The van der Waals surface area contributed by atoms with Gasteiger partial charge in [-0.2, -0.15) is 0 Å². The second-order valence-electron chi connectivity index (χ2n) is 3.48. The Bertz CT molecular complexity index is 497. The Labute approximate surface area is 110 Å². The third-order valence-corrected chi connectivity index (χ3v) is 2.45. The van der Waals surface area contributed by atoms with E-state index in [4.69, 9.17) is 21.4 Å². The van der Waals surface area contributed by atoms with Crippen LogP contribution in [0.4, 0.5) is 5.69 Å². The molecule has 2 aromatic rings. The molecule has 0 bridgehead atoms. The average Bonchev–Trinajstić information content (AvgIpc) is 2.90. The standard InChI is InChI=1S/C12H13N3O2S/c1-16-11-5-4-9(7-13-11)15-12(18)14-8-10-3-2-6-17-10/h2-7H,8H2,1H3,(H2,14,15,18). The lowest BCUT2D eigenvalue weighted by atomic mass is 10.4. The van der Waals surface area contributed by atoms with Crippen LogP contribution in [-0.2, 0) is 6.54 Å². The van der Waals surface area contributed by atoms with Gasteiger partial charge in [0.1, 0.15) is 5.76 Å². The summed E-state index contributed by atoms with van der Waals surface area (Å²) in [4.78, 5) is 4.07. The number of aromatic nitrogens is 1. The van der Waals surface area contributed by atoms with Gasteiger partial charge >= 0.3 is 0 Å². The number of rotatable bonds is 4. The minimum Gasteiger partial charge on any atom is -0.481 e. The summed E-state index contributed by atoms with van der Waals surface area (Å²) in [5.41, 5.74) is 0.799. The van der Waals surface area contributed by atoms with E-state index in [1.807, 2.05) is 18.2 Å². The van der Waals surface area contributed by atoms with E-state index in [-0.39, 0.29) is 0 Å². The number of furan rings is 1. The molecule has 18 heavy (non-hydrogen) atoms. The van der Waals surface area contributed by atoms with Crippen molar-refractivity contribution in [2.45, 2.75) is 6.54 Å². The van der Waals surface area contributed by atoms with Crippen LogP contribution in [0.3, 0.4) is 0 Å². The SMILES string of the molecule is COc1ccc(NC(=S)NCc2ccco2)cn1. The Morgan fingerprint density at radius 3 is 2.94 bits per heavy atom. The van der Waals surface area contributed by atoms with Crippen LogP contribution >= 0.6 is 12.2 Å². The Balaban J connectivity index is 1.83. The highest BCUT2D eigenvalue weighted by molar-refractivity contribution is 7.80. The van der Waals surface area contributed by atoms with Gasteiger partial charge in [-0.3, -0.25) is 0 Å². The first-order valence-electron chi connectivity index (χ1n) is 5.35. The minimum atomic E-state index is 0.512. The molecule has 0 radical (unpaired) electrons. The number of anilines is 1. The maximum absolute atomic E-state index is 5.19. The van der Waals surface area contributed by atoms with Crippen molar-refractivity contribution >= 4 is 23.0 Å². The van der Waals surface area contributed by atoms with Crippen LogP contribution in [0.1, 0.15) is 5.76 Å². The van der Waals surface area contributed by atoms with Crippen LogP contribution in [0.15, 0.2) is 41.1 Å². The molecule has 0 saturated heterocycles. The number of pyridine rings is 1. The van der Waals surface area contributed by atoms with Crippen molar-refractivity contribution in [2.24, 2.45) is 0 Å². The van der Waals surface area contributed by atoms with E-state index in [0.29, 0.717) is 17.5 Å². The van der Waals surface area contributed by atoms with E-state index in [2.05, 4.69) is 15.6 Å². The van der Waals surface area contributed by atoms with Crippen molar-refractivity contribution < 1.29 is 9.15 Å². The molecule has 0 atom stereocenters. The van der Waals surface area contributed by atoms with E-state index in [9.17, 15) is 0 Å². The average molecular weight is 263 g/mol. The van der Waals surface area contributed by atoms with E-state index in [0.717, 1.165) is 11.4 Å². The first-order valence-corrected chi connectivity index (χ1v) is 5.76. The number of thiocarbonyl (C=S) groups is 1. The number of nitrogens with zero attached hydrogens (tertiary/aromatic N) is 1. The molecule has 2 N–H and O–H groups in total. The van der Waals surface area contributed by atoms with Gasteiger partial charge in [-0.05, 0) is 30.4 Å². The Hall–Kier alpha value is -2.08. The maximum Gasteiger partial charge on any atom is 0.213 e. The first-order chi connectivity index (χ1) is 8.78. The number of hydrogen-bond donors (Lipinski definition) is 2. The third-order valence-electron chi connectivity index (χ3n) is 2.21. The monoisotopic (exact) mass is 263 g/mol. The fourth-order valence-electron chi connectivity index (χ4n) is 1.33. The molecule has 0 fully saturated rings. The summed E-state index contributed by atoms with van der Waals surface area (Å²) in [6.07, 6.45) is 3.28. The Morgan fingerprint density at radius 1 is 1.44 bits per heavy atom. The molecular formula is C12H13N3O2S. The Morgan fingerprint density at radius 2 is 2.33 bits per heavy atom. The summed E-state index contributed by atoms with van der Waals surface area (Å²) in [7, 11) is 1.57. The van der Waals surface area contributed by atoms with Crippen molar-refractivity contribution in [1.29, 1.82) is 0 Å². The second-order valence-corrected chi connectivity index (χ2v) is 3.88. The molecule has 0 aliphatic heterocycles. The quantitative estimate of drug-likeness (QED) is 0.824. The zero-order valence-electron chi connectivity index (χ0n) is 9.84. The van der Waals surface area contributed by atoms with Crippen molar-refractivity contribution in [1.82, 2.24) is 10.3 Å². The summed E-state index contributed by atoms with van der Waals surface area (Å²) in [5.74, 6) is 1.39. The van der Waals surface area contributed by atoms with Crippen LogP contribution in [0.2, 0.25) is 0 Å². The van der Waals surface area contributed by atoms with E-state index in [1.54, 1.807) is 25.6 Å². The summed E-state index contributed by atoms with van der Waals surface area (Å²) >= 11 is 5.15. The molecule has 0 unspecified atom stereocenters.